The predicted molar refractivity (Wildman–Crippen MR) is 125 cm³/mol. The highest BCUT2D eigenvalue weighted by Crippen LogP contribution is 2.21. The summed E-state index contributed by atoms with van der Waals surface area (Å²) < 4.78 is 1.88. The van der Waals surface area contributed by atoms with Gasteiger partial charge in [-0.1, -0.05) is 47.5 Å². The van der Waals surface area contributed by atoms with Crippen molar-refractivity contribution in [2.45, 2.75) is 26.9 Å². The van der Waals surface area contributed by atoms with E-state index in [1.165, 1.54) is 5.56 Å². The van der Waals surface area contributed by atoms with Crippen LogP contribution < -0.4 is 0 Å². The number of rotatable bonds is 5. The van der Waals surface area contributed by atoms with Crippen molar-refractivity contribution in [1.82, 2.24) is 19.6 Å². The maximum atomic E-state index is 13.1. The second-order valence-corrected chi connectivity index (χ2v) is 8.86. The van der Waals surface area contributed by atoms with Crippen LogP contribution in [0.3, 0.4) is 0 Å². The second-order valence-electron chi connectivity index (χ2n) is 8.04. The van der Waals surface area contributed by atoms with Crippen LogP contribution >= 0.6 is 23.2 Å². The predicted octanol–water partition coefficient (Wildman–Crippen LogP) is 4.81. The van der Waals surface area contributed by atoms with Gasteiger partial charge in [0.1, 0.15) is 0 Å². The van der Waals surface area contributed by atoms with Gasteiger partial charge in [0.25, 0.3) is 5.91 Å². The monoisotopic (exact) mass is 456 g/mol. The number of halogens is 2. The molecule has 4 rings (SSSR count). The van der Waals surface area contributed by atoms with Crippen LogP contribution in [0.1, 0.15) is 32.9 Å². The summed E-state index contributed by atoms with van der Waals surface area (Å²) in [7, 11) is 0. The second kappa shape index (κ2) is 9.43. The number of hydrogen-bond acceptors (Lipinski definition) is 3. The first-order valence-electron chi connectivity index (χ1n) is 10.5. The fourth-order valence-corrected chi connectivity index (χ4v) is 4.34. The Bertz CT molecular complexity index is 1090. The lowest BCUT2D eigenvalue weighted by atomic mass is 10.1. The van der Waals surface area contributed by atoms with Gasteiger partial charge in [-0.3, -0.25) is 14.4 Å². The minimum absolute atomic E-state index is 0.0793. The summed E-state index contributed by atoms with van der Waals surface area (Å²) in [6.07, 6.45) is 0. The fraction of sp³-hybridized carbons (Fsp3) is 0.333. The van der Waals surface area contributed by atoms with Gasteiger partial charge in [-0.15, -0.1) is 0 Å². The summed E-state index contributed by atoms with van der Waals surface area (Å²) >= 11 is 12.4. The van der Waals surface area contributed by atoms with Gasteiger partial charge in [-0.05, 0) is 49.2 Å². The third-order valence-electron chi connectivity index (χ3n) is 5.75. The van der Waals surface area contributed by atoms with Crippen LogP contribution in [0.25, 0.3) is 0 Å². The largest absolute Gasteiger partial charge is 0.336 e. The lowest BCUT2D eigenvalue weighted by Crippen LogP contribution is -2.48. The molecule has 1 aliphatic rings. The molecule has 0 bridgehead atoms. The Labute approximate surface area is 193 Å². The summed E-state index contributed by atoms with van der Waals surface area (Å²) in [5.74, 6) is 0.0793. The van der Waals surface area contributed by atoms with Crippen molar-refractivity contribution in [2.75, 3.05) is 26.2 Å². The Morgan fingerprint density at radius 3 is 2.26 bits per heavy atom. The zero-order valence-corrected chi connectivity index (χ0v) is 19.3. The Kier molecular flexibility index (Phi) is 6.65. The van der Waals surface area contributed by atoms with Crippen LogP contribution in [0.5, 0.6) is 0 Å². The van der Waals surface area contributed by atoms with E-state index in [1.807, 2.05) is 65.9 Å². The average Bonchev–Trinajstić information content (AvgIpc) is 3.00. The van der Waals surface area contributed by atoms with Crippen molar-refractivity contribution in [2.24, 2.45) is 0 Å². The third-order valence-corrected chi connectivity index (χ3v) is 6.54. The molecule has 0 radical (unpaired) electrons. The maximum absolute atomic E-state index is 13.1. The van der Waals surface area contributed by atoms with Crippen molar-refractivity contribution in [3.63, 3.8) is 0 Å². The molecule has 5 nitrogen and oxygen atoms in total. The number of carbonyl (C=O) groups is 1. The number of piperazine rings is 1. The van der Waals surface area contributed by atoms with Crippen LogP contribution in [0, 0.1) is 13.8 Å². The number of hydrogen-bond donors (Lipinski definition) is 0. The van der Waals surface area contributed by atoms with Crippen LogP contribution in [-0.4, -0.2) is 51.7 Å². The molecule has 0 N–H and O–H groups in total. The molecular weight excluding hydrogens is 431 g/mol. The number of amides is 1. The topological polar surface area (TPSA) is 41.4 Å². The van der Waals surface area contributed by atoms with E-state index >= 15 is 0 Å². The van der Waals surface area contributed by atoms with Gasteiger partial charge in [0.05, 0.1) is 23.0 Å². The molecule has 0 saturated carbocycles. The highest BCUT2D eigenvalue weighted by molar-refractivity contribution is 6.31. The summed E-state index contributed by atoms with van der Waals surface area (Å²) in [6.45, 7) is 8.44. The minimum atomic E-state index is 0.0793. The number of nitrogens with zero attached hydrogens (tertiary/aromatic N) is 4. The van der Waals surface area contributed by atoms with E-state index in [4.69, 9.17) is 23.2 Å². The van der Waals surface area contributed by atoms with E-state index in [9.17, 15) is 4.79 Å². The summed E-state index contributed by atoms with van der Waals surface area (Å²) in [5, 5.41) is 5.95. The molecule has 1 aromatic heterocycles. The molecule has 1 fully saturated rings. The number of benzene rings is 2. The van der Waals surface area contributed by atoms with E-state index in [-0.39, 0.29) is 5.91 Å². The van der Waals surface area contributed by atoms with Gasteiger partial charge < -0.3 is 4.90 Å². The molecule has 3 aromatic rings. The Hall–Kier alpha value is -2.34. The SMILES string of the molecule is Cc1nn(Cc2cccc(C(=O)N3CCN(Cc4cccc(Cl)c4)CC3)c2)c(C)c1Cl. The van der Waals surface area contributed by atoms with Crippen LogP contribution in [0.15, 0.2) is 48.5 Å². The Morgan fingerprint density at radius 1 is 0.935 bits per heavy atom. The molecule has 7 heteroatoms. The average molecular weight is 457 g/mol. The van der Waals surface area contributed by atoms with Gasteiger partial charge in [0.2, 0.25) is 0 Å². The van der Waals surface area contributed by atoms with Crippen molar-refractivity contribution in [3.8, 4) is 0 Å². The normalized spacial score (nSPS) is 14.8. The van der Waals surface area contributed by atoms with Crippen molar-refractivity contribution in [1.29, 1.82) is 0 Å². The van der Waals surface area contributed by atoms with E-state index in [2.05, 4.69) is 16.1 Å². The summed E-state index contributed by atoms with van der Waals surface area (Å²) in [4.78, 5) is 17.4. The zero-order chi connectivity index (χ0) is 22.0. The first kappa shape index (κ1) is 21.9. The molecule has 31 heavy (non-hydrogen) atoms. The van der Waals surface area contributed by atoms with Crippen LogP contribution in [-0.2, 0) is 13.1 Å². The molecular formula is C24H26Cl2N4O. The molecule has 1 saturated heterocycles. The minimum Gasteiger partial charge on any atom is -0.336 e. The lowest BCUT2D eigenvalue weighted by molar-refractivity contribution is 0.0628. The van der Waals surface area contributed by atoms with Gasteiger partial charge in [0, 0.05) is 43.3 Å². The van der Waals surface area contributed by atoms with Gasteiger partial charge in [-0.2, -0.15) is 5.10 Å². The van der Waals surface area contributed by atoms with Gasteiger partial charge in [-0.25, -0.2) is 0 Å². The van der Waals surface area contributed by atoms with E-state index < -0.39 is 0 Å². The van der Waals surface area contributed by atoms with Crippen molar-refractivity contribution >= 4 is 29.1 Å². The summed E-state index contributed by atoms with van der Waals surface area (Å²) in [6, 6.07) is 15.8. The lowest BCUT2D eigenvalue weighted by Gasteiger charge is -2.35. The molecule has 0 aliphatic carbocycles. The summed E-state index contributed by atoms with van der Waals surface area (Å²) in [5.41, 5.74) is 4.71. The Morgan fingerprint density at radius 2 is 1.61 bits per heavy atom. The zero-order valence-electron chi connectivity index (χ0n) is 17.8. The quantitative estimate of drug-likeness (QED) is 0.552. The van der Waals surface area contributed by atoms with Crippen LogP contribution in [0.4, 0.5) is 0 Å². The Balaban J connectivity index is 1.37. The van der Waals surface area contributed by atoms with E-state index in [1.54, 1.807) is 0 Å². The van der Waals surface area contributed by atoms with Crippen molar-refractivity contribution < 1.29 is 4.79 Å². The van der Waals surface area contributed by atoms with Gasteiger partial charge >= 0.3 is 0 Å². The van der Waals surface area contributed by atoms with Gasteiger partial charge in [0.15, 0.2) is 0 Å². The first-order valence-corrected chi connectivity index (χ1v) is 11.2. The molecule has 0 atom stereocenters. The maximum Gasteiger partial charge on any atom is 0.253 e. The third kappa shape index (κ3) is 5.12. The molecule has 1 aliphatic heterocycles. The highest BCUT2D eigenvalue weighted by atomic mass is 35.5. The van der Waals surface area contributed by atoms with E-state index in [0.717, 1.165) is 54.7 Å². The molecule has 0 unspecified atom stereocenters. The molecule has 162 valence electrons. The van der Waals surface area contributed by atoms with Crippen LogP contribution in [0.2, 0.25) is 10.0 Å². The molecule has 2 aromatic carbocycles. The smallest absolute Gasteiger partial charge is 0.253 e. The number of aryl methyl sites for hydroxylation is 1. The standard InChI is InChI=1S/C24H26Cl2N4O/c1-17-23(26)18(2)30(27-17)16-19-5-3-7-21(13-19)24(31)29-11-9-28(10-12-29)15-20-6-4-8-22(25)14-20/h3-8,13-14H,9-12,15-16H2,1-2H3. The number of aromatic nitrogens is 2. The first-order chi connectivity index (χ1) is 14.9. The fourth-order valence-electron chi connectivity index (χ4n) is 3.99. The molecule has 0 spiro atoms. The molecule has 2 heterocycles. The van der Waals surface area contributed by atoms with Crippen molar-refractivity contribution in [3.05, 3.63) is 86.7 Å². The highest BCUT2D eigenvalue weighted by Gasteiger charge is 2.22. The van der Waals surface area contributed by atoms with E-state index in [0.29, 0.717) is 17.1 Å². The molecule has 1 amide bonds. The number of carbonyl (C=O) groups excluding carboxylic acids is 1.